The lowest BCUT2D eigenvalue weighted by molar-refractivity contribution is 0.102. The van der Waals surface area contributed by atoms with Crippen LogP contribution in [0.5, 0.6) is 11.5 Å². The first-order chi connectivity index (χ1) is 17.3. The van der Waals surface area contributed by atoms with Crippen LogP contribution in [0, 0.1) is 0 Å². The molecular weight excluding hydrogens is 496 g/mol. The molecule has 182 valence electrons. The number of carbonyl (C=O) groups is 1. The zero-order valence-electron chi connectivity index (χ0n) is 19.4. The lowest BCUT2D eigenvalue weighted by Crippen LogP contribution is -2.35. The number of fused-ring (bicyclic) bond motifs is 1. The minimum Gasteiger partial charge on any atom is -0.455 e. The number of carbonyl (C=O) groups excluding carboxylic acids is 1. The molecule has 0 aromatic heterocycles. The molecule has 6 nitrogen and oxygen atoms in total. The molecule has 1 amide bonds. The smallest absolute Gasteiger partial charge is 0.264 e. The predicted octanol–water partition coefficient (Wildman–Crippen LogP) is 6.52. The monoisotopic (exact) mass is 518 g/mol. The van der Waals surface area contributed by atoms with Crippen molar-refractivity contribution in [2.45, 2.75) is 24.3 Å². The second kappa shape index (κ2) is 9.68. The first kappa shape index (κ1) is 23.9. The summed E-state index contributed by atoms with van der Waals surface area (Å²) < 4.78 is 34.0. The first-order valence-electron chi connectivity index (χ1n) is 11.4. The van der Waals surface area contributed by atoms with Crippen molar-refractivity contribution in [3.63, 3.8) is 0 Å². The van der Waals surface area contributed by atoms with Crippen molar-refractivity contribution in [2.24, 2.45) is 0 Å². The van der Waals surface area contributed by atoms with Crippen molar-refractivity contribution in [2.75, 3.05) is 9.62 Å². The molecule has 0 aliphatic carbocycles. The molecule has 1 heterocycles. The van der Waals surface area contributed by atoms with Gasteiger partial charge in [-0.2, -0.15) is 0 Å². The first-order valence-corrected chi connectivity index (χ1v) is 13.2. The van der Waals surface area contributed by atoms with Crippen molar-refractivity contribution < 1.29 is 17.9 Å². The summed E-state index contributed by atoms with van der Waals surface area (Å²) in [5.74, 6) is 0.727. The molecule has 0 bridgehead atoms. The van der Waals surface area contributed by atoms with E-state index in [1.165, 1.54) is 4.31 Å². The molecule has 1 N–H and O–H groups in total. The highest BCUT2D eigenvalue weighted by Crippen LogP contribution is 2.38. The van der Waals surface area contributed by atoms with Crippen LogP contribution in [0.2, 0.25) is 5.02 Å². The van der Waals surface area contributed by atoms with Crippen molar-refractivity contribution in [1.29, 1.82) is 0 Å². The predicted molar refractivity (Wildman–Crippen MR) is 142 cm³/mol. The van der Waals surface area contributed by atoms with Gasteiger partial charge in [0.2, 0.25) is 0 Å². The van der Waals surface area contributed by atoms with Crippen LogP contribution in [0.25, 0.3) is 0 Å². The van der Waals surface area contributed by atoms with E-state index in [4.69, 9.17) is 16.3 Å². The van der Waals surface area contributed by atoms with E-state index in [-0.39, 0.29) is 16.8 Å². The van der Waals surface area contributed by atoms with E-state index in [0.29, 0.717) is 39.9 Å². The van der Waals surface area contributed by atoms with Crippen LogP contribution in [0.3, 0.4) is 0 Å². The van der Waals surface area contributed by atoms with Gasteiger partial charge in [-0.1, -0.05) is 48.0 Å². The number of nitrogens with zero attached hydrogens (tertiary/aromatic N) is 1. The minimum absolute atomic E-state index is 0.235. The summed E-state index contributed by atoms with van der Waals surface area (Å²) in [5.41, 5.74) is 2.21. The molecule has 0 saturated carbocycles. The van der Waals surface area contributed by atoms with Gasteiger partial charge < -0.3 is 10.1 Å². The van der Waals surface area contributed by atoms with Crippen LogP contribution in [-0.2, 0) is 16.4 Å². The number of anilines is 2. The lowest BCUT2D eigenvalue weighted by Gasteiger charge is -2.24. The van der Waals surface area contributed by atoms with E-state index >= 15 is 0 Å². The normalized spacial score (nSPS) is 14.8. The molecule has 8 heteroatoms. The highest BCUT2D eigenvalue weighted by Gasteiger charge is 2.36. The molecule has 0 fully saturated rings. The summed E-state index contributed by atoms with van der Waals surface area (Å²) >= 11 is 6.18. The van der Waals surface area contributed by atoms with Gasteiger partial charge in [0.25, 0.3) is 15.9 Å². The summed E-state index contributed by atoms with van der Waals surface area (Å²) in [7, 11) is -3.72. The van der Waals surface area contributed by atoms with Crippen LogP contribution in [0.4, 0.5) is 11.4 Å². The molecule has 4 aromatic rings. The Morgan fingerprint density at radius 3 is 2.36 bits per heavy atom. The molecule has 0 spiro atoms. The third kappa shape index (κ3) is 4.67. The highest BCUT2D eigenvalue weighted by molar-refractivity contribution is 7.92. The Labute approximate surface area is 215 Å². The average molecular weight is 519 g/mol. The number of sulfonamides is 1. The Morgan fingerprint density at radius 2 is 1.64 bits per heavy atom. The van der Waals surface area contributed by atoms with Crippen LogP contribution < -0.4 is 14.4 Å². The molecule has 0 radical (unpaired) electrons. The average Bonchev–Trinajstić information content (AvgIpc) is 3.22. The molecule has 1 aliphatic rings. The number of hydrogen-bond donors (Lipinski definition) is 1. The van der Waals surface area contributed by atoms with E-state index in [0.717, 1.165) is 5.56 Å². The van der Waals surface area contributed by atoms with Crippen LogP contribution in [0.15, 0.2) is 102 Å². The maximum atomic E-state index is 13.3. The molecule has 0 saturated heterocycles. The van der Waals surface area contributed by atoms with Gasteiger partial charge in [-0.25, -0.2) is 8.42 Å². The zero-order valence-corrected chi connectivity index (χ0v) is 21.0. The molecular formula is C28H23ClN2O4S. The Balaban J connectivity index is 1.41. The van der Waals surface area contributed by atoms with E-state index in [1.807, 2.05) is 37.3 Å². The Kier molecular flexibility index (Phi) is 6.43. The molecule has 36 heavy (non-hydrogen) atoms. The molecule has 1 unspecified atom stereocenters. The van der Waals surface area contributed by atoms with Crippen molar-refractivity contribution >= 4 is 38.9 Å². The van der Waals surface area contributed by atoms with Gasteiger partial charge in [0, 0.05) is 16.6 Å². The summed E-state index contributed by atoms with van der Waals surface area (Å²) in [4.78, 5) is 13.4. The summed E-state index contributed by atoms with van der Waals surface area (Å²) in [6.45, 7) is 1.86. The third-order valence-electron chi connectivity index (χ3n) is 5.96. The maximum absolute atomic E-state index is 13.3. The van der Waals surface area contributed by atoms with Crippen molar-refractivity contribution in [1.82, 2.24) is 0 Å². The number of benzene rings is 4. The van der Waals surface area contributed by atoms with Gasteiger partial charge in [0.1, 0.15) is 5.75 Å². The van der Waals surface area contributed by atoms with Gasteiger partial charge in [-0.05, 0) is 79.6 Å². The van der Waals surface area contributed by atoms with Gasteiger partial charge in [-0.3, -0.25) is 9.10 Å². The van der Waals surface area contributed by atoms with Crippen molar-refractivity contribution in [3.8, 4) is 11.5 Å². The summed E-state index contributed by atoms with van der Waals surface area (Å²) in [6.07, 6.45) is 0.502. The van der Waals surface area contributed by atoms with E-state index in [1.54, 1.807) is 66.7 Å². The third-order valence-corrected chi connectivity index (χ3v) is 8.13. The Hall–Kier alpha value is -3.81. The fraction of sp³-hybridized carbons (Fsp3) is 0.107. The minimum atomic E-state index is -3.72. The summed E-state index contributed by atoms with van der Waals surface area (Å²) in [5, 5.41) is 3.33. The second-order valence-electron chi connectivity index (χ2n) is 8.52. The number of para-hydroxylation sites is 1. The fourth-order valence-electron chi connectivity index (χ4n) is 4.32. The van der Waals surface area contributed by atoms with E-state index in [9.17, 15) is 13.2 Å². The fourth-order valence-corrected chi connectivity index (χ4v) is 6.20. The number of nitrogens with one attached hydrogen (secondary N) is 1. The molecule has 5 rings (SSSR count). The van der Waals surface area contributed by atoms with Crippen LogP contribution >= 0.6 is 11.6 Å². The second-order valence-corrected chi connectivity index (χ2v) is 10.8. The highest BCUT2D eigenvalue weighted by atomic mass is 35.5. The molecule has 4 aromatic carbocycles. The van der Waals surface area contributed by atoms with E-state index < -0.39 is 10.0 Å². The molecule has 1 aliphatic heterocycles. The number of rotatable bonds is 6. The standard InChI is InChI=1S/C28H23ClN2O4S/c1-19-16-21-17-20(12-14-26(21)31(19)36(33,34)24-10-6-3-7-11-24)28(32)30-25-18-22(29)13-15-27(25)35-23-8-4-2-5-9-23/h2-15,17-19H,16H2,1H3,(H,30,32). The van der Waals surface area contributed by atoms with Gasteiger partial charge in [0.15, 0.2) is 5.75 Å². The quantitative estimate of drug-likeness (QED) is 0.315. The zero-order chi connectivity index (χ0) is 25.3. The van der Waals surface area contributed by atoms with Crippen molar-refractivity contribution in [3.05, 3.63) is 113 Å². The Bertz CT molecular complexity index is 1530. The van der Waals surface area contributed by atoms with Crippen LogP contribution in [0.1, 0.15) is 22.8 Å². The van der Waals surface area contributed by atoms with Gasteiger partial charge >= 0.3 is 0 Å². The van der Waals surface area contributed by atoms with E-state index in [2.05, 4.69) is 5.32 Å². The van der Waals surface area contributed by atoms with Gasteiger partial charge in [-0.15, -0.1) is 0 Å². The largest absolute Gasteiger partial charge is 0.455 e. The summed E-state index contributed by atoms with van der Waals surface area (Å²) in [6, 6.07) is 27.4. The number of ether oxygens (including phenoxy) is 1. The lowest BCUT2D eigenvalue weighted by atomic mass is 10.1. The topological polar surface area (TPSA) is 75.7 Å². The Morgan fingerprint density at radius 1 is 0.944 bits per heavy atom. The molecule has 1 atom stereocenters. The number of halogens is 1. The number of hydrogen-bond acceptors (Lipinski definition) is 4. The van der Waals surface area contributed by atoms with Gasteiger partial charge in [0.05, 0.1) is 16.3 Å². The van der Waals surface area contributed by atoms with Crippen LogP contribution in [-0.4, -0.2) is 20.4 Å². The SMILES string of the molecule is CC1Cc2cc(C(=O)Nc3cc(Cl)ccc3Oc3ccccc3)ccc2N1S(=O)(=O)c1ccccc1. The number of amides is 1. The maximum Gasteiger partial charge on any atom is 0.264 e.